The molecule has 4 aromatic rings. The average Bonchev–Trinajstić information content (AvgIpc) is 3.48. The van der Waals surface area contributed by atoms with Gasteiger partial charge in [-0.2, -0.15) is 0 Å². The molecule has 0 radical (unpaired) electrons. The van der Waals surface area contributed by atoms with Gasteiger partial charge in [-0.1, -0.05) is 30.0 Å². The van der Waals surface area contributed by atoms with Gasteiger partial charge in [-0.15, -0.1) is 0 Å². The molecule has 10 nitrogen and oxygen atoms in total. The molecule has 1 unspecified atom stereocenters. The Morgan fingerprint density at radius 2 is 1.61 bits per heavy atom. The lowest BCUT2D eigenvalue weighted by Gasteiger charge is -2.32. The molecule has 0 saturated carbocycles. The Hall–Kier alpha value is -4.77. The number of anilines is 2. The second kappa shape index (κ2) is 13.7. The normalized spacial score (nSPS) is 12.4. The number of hydrogen-bond acceptors (Lipinski definition) is 9. The van der Waals surface area contributed by atoms with Crippen molar-refractivity contribution < 1.29 is 23.8 Å². The maximum Gasteiger partial charge on any atom is 0.251 e. The van der Waals surface area contributed by atoms with Crippen LogP contribution in [-0.2, 0) is 16.1 Å². The van der Waals surface area contributed by atoms with E-state index in [1.807, 2.05) is 87.4 Å². The van der Waals surface area contributed by atoms with E-state index in [1.165, 1.54) is 11.8 Å². The zero-order valence-corrected chi connectivity index (χ0v) is 26.2. The fourth-order valence-electron chi connectivity index (χ4n) is 4.83. The Kier molecular flexibility index (Phi) is 9.54. The first-order valence-electron chi connectivity index (χ1n) is 14.1. The van der Waals surface area contributed by atoms with E-state index in [0.29, 0.717) is 33.7 Å². The van der Waals surface area contributed by atoms with Gasteiger partial charge in [0.25, 0.3) is 5.91 Å². The van der Waals surface area contributed by atoms with Crippen LogP contribution in [0.15, 0.2) is 78.0 Å². The molecule has 2 amide bonds. The van der Waals surface area contributed by atoms with Crippen molar-refractivity contribution >= 4 is 35.0 Å². The standard InChI is InChI=1S/C33H35N5O5S/c1-21-16-22(2)35-33(34-21)44-19-30(39)38(18-23-6-13-27(41-5)14-7-23)31(24-8-15-28-29(17-24)43-20-42-28)32(40)36-25-9-11-26(12-10-25)37(3)4/h6-17,31H,18-20H2,1-5H3,(H,36,40). The van der Waals surface area contributed by atoms with Crippen LogP contribution in [0.3, 0.4) is 0 Å². The summed E-state index contributed by atoms with van der Waals surface area (Å²) in [5.74, 6) is 1.21. The first-order valence-corrected chi connectivity index (χ1v) is 15.0. The Morgan fingerprint density at radius 3 is 2.27 bits per heavy atom. The molecule has 0 fully saturated rings. The van der Waals surface area contributed by atoms with E-state index in [1.54, 1.807) is 30.2 Å². The lowest BCUT2D eigenvalue weighted by molar-refractivity contribution is -0.137. The van der Waals surface area contributed by atoms with Crippen LogP contribution in [0.1, 0.15) is 28.6 Å². The number of nitrogens with one attached hydrogen (secondary N) is 1. The molecule has 228 valence electrons. The van der Waals surface area contributed by atoms with Gasteiger partial charge in [0.05, 0.1) is 12.9 Å². The van der Waals surface area contributed by atoms with Gasteiger partial charge in [0.1, 0.15) is 11.8 Å². The van der Waals surface area contributed by atoms with Crippen molar-refractivity contribution in [2.75, 3.05) is 44.0 Å². The van der Waals surface area contributed by atoms with Crippen LogP contribution < -0.4 is 24.4 Å². The fourth-order valence-corrected chi connectivity index (χ4v) is 5.66. The van der Waals surface area contributed by atoms with Gasteiger partial charge in [0, 0.05) is 43.4 Å². The van der Waals surface area contributed by atoms with Crippen molar-refractivity contribution in [3.8, 4) is 17.2 Å². The summed E-state index contributed by atoms with van der Waals surface area (Å²) in [5, 5.41) is 3.53. The molecule has 5 rings (SSSR count). The number of nitrogens with zero attached hydrogens (tertiary/aromatic N) is 4. The Morgan fingerprint density at radius 1 is 0.932 bits per heavy atom. The van der Waals surface area contributed by atoms with E-state index >= 15 is 0 Å². The molecular weight excluding hydrogens is 578 g/mol. The molecule has 0 aliphatic carbocycles. The van der Waals surface area contributed by atoms with Crippen molar-refractivity contribution in [2.24, 2.45) is 0 Å². The molecule has 0 spiro atoms. The highest BCUT2D eigenvalue weighted by molar-refractivity contribution is 7.99. The van der Waals surface area contributed by atoms with Gasteiger partial charge in [-0.3, -0.25) is 9.59 Å². The first-order chi connectivity index (χ1) is 21.2. The fraction of sp³-hybridized carbons (Fsp3) is 0.273. The minimum Gasteiger partial charge on any atom is -0.497 e. The van der Waals surface area contributed by atoms with E-state index in [-0.39, 0.29) is 30.9 Å². The number of carbonyl (C=O) groups is 2. The number of carbonyl (C=O) groups excluding carboxylic acids is 2. The van der Waals surface area contributed by atoms with Gasteiger partial charge >= 0.3 is 0 Å². The largest absolute Gasteiger partial charge is 0.497 e. The SMILES string of the molecule is COc1ccc(CN(C(=O)CSc2nc(C)cc(C)n2)C(C(=O)Nc2ccc(N(C)C)cc2)c2ccc3c(c2)OCO3)cc1. The summed E-state index contributed by atoms with van der Waals surface area (Å²) >= 11 is 1.24. The Balaban J connectivity index is 1.51. The van der Waals surface area contributed by atoms with E-state index in [0.717, 1.165) is 22.6 Å². The summed E-state index contributed by atoms with van der Waals surface area (Å²) in [6, 6.07) is 21.2. The van der Waals surface area contributed by atoms with E-state index in [4.69, 9.17) is 14.2 Å². The number of benzene rings is 3. The molecule has 3 aromatic carbocycles. The van der Waals surface area contributed by atoms with Gasteiger partial charge in [-0.25, -0.2) is 9.97 Å². The van der Waals surface area contributed by atoms with Crippen molar-refractivity contribution in [2.45, 2.75) is 31.6 Å². The average molecular weight is 614 g/mol. The number of amides is 2. The third kappa shape index (κ3) is 7.41. The van der Waals surface area contributed by atoms with Crippen LogP contribution in [-0.4, -0.2) is 60.4 Å². The molecule has 1 aliphatic rings. The third-order valence-corrected chi connectivity index (χ3v) is 7.87. The van der Waals surface area contributed by atoms with E-state index in [2.05, 4.69) is 15.3 Å². The Bertz CT molecular complexity index is 1610. The number of fused-ring (bicyclic) bond motifs is 1. The highest BCUT2D eigenvalue weighted by Gasteiger charge is 2.33. The summed E-state index contributed by atoms with van der Waals surface area (Å²) in [5.41, 5.74) is 4.67. The molecule has 11 heteroatoms. The molecular formula is C33H35N5O5S. The van der Waals surface area contributed by atoms with Crippen LogP contribution in [0.4, 0.5) is 11.4 Å². The second-order valence-corrected chi connectivity index (χ2v) is 11.5. The lowest BCUT2D eigenvalue weighted by atomic mass is 10.0. The van der Waals surface area contributed by atoms with Crippen LogP contribution in [0.25, 0.3) is 0 Å². The maximum atomic E-state index is 14.2. The predicted octanol–water partition coefficient (Wildman–Crippen LogP) is 5.40. The zero-order chi connectivity index (χ0) is 31.2. The predicted molar refractivity (Wildman–Crippen MR) is 170 cm³/mol. The molecule has 0 bridgehead atoms. The molecule has 1 aromatic heterocycles. The first kappa shape index (κ1) is 30.7. The summed E-state index contributed by atoms with van der Waals surface area (Å²) in [4.78, 5) is 40.8. The number of aryl methyl sites for hydroxylation is 2. The number of methoxy groups -OCH3 is 1. The van der Waals surface area contributed by atoms with Crippen LogP contribution in [0.2, 0.25) is 0 Å². The molecule has 2 heterocycles. The van der Waals surface area contributed by atoms with E-state index < -0.39 is 6.04 Å². The van der Waals surface area contributed by atoms with Gasteiger partial charge in [0.2, 0.25) is 12.7 Å². The monoisotopic (exact) mass is 613 g/mol. The van der Waals surface area contributed by atoms with Crippen LogP contribution in [0, 0.1) is 13.8 Å². The van der Waals surface area contributed by atoms with Gasteiger partial charge in [0.15, 0.2) is 16.7 Å². The summed E-state index contributed by atoms with van der Waals surface area (Å²) < 4.78 is 16.5. The van der Waals surface area contributed by atoms with Crippen LogP contribution >= 0.6 is 11.8 Å². The maximum absolute atomic E-state index is 14.2. The topological polar surface area (TPSA) is 106 Å². The quantitative estimate of drug-likeness (QED) is 0.176. The molecule has 0 saturated heterocycles. The van der Waals surface area contributed by atoms with Crippen molar-refractivity contribution in [1.82, 2.24) is 14.9 Å². The second-order valence-electron chi connectivity index (χ2n) is 10.5. The number of thioether (sulfide) groups is 1. The minimum absolute atomic E-state index is 0.0327. The third-order valence-electron chi connectivity index (χ3n) is 7.04. The smallest absolute Gasteiger partial charge is 0.251 e. The lowest BCUT2D eigenvalue weighted by Crippen LogP contribution is -2.41. The van der Waals surface area contributed by atoms with Crippen LogP contribution in [0.5, 0.6) is 17.2 Å². The summed E-state index contributed by atoms with van der Waals surface area (Å²) in [6.07, 6.45) is 0. The minimum atomic E-state index is -0.992. The van der Waals surface area contributed by atoms with E-state index in [9.17, 15) is 9.59 Å². The highest BCUT2D eigenvalue weighted by Crippen LogP contribution is 2.37. The number of ether oxygens (including phenoxy) is 3. The zero-order valence-electron chi connectivity index (χ0n) is 25.4. The molecule has 1 atom stereocenters. The molecule has 44 heavy (non-hydrogen) atoms. The summed E-state index contributed by atoms with van der Waals surface area (Å²) in [7, 11) is 5.50. The number of hydrogen-bond donors (Lipinski definition) is 1. The van der Waals surface area contributed by atoms with Crippen molar-refractivity contribution in [1.29, 1.82) is 0 Å². The summed E-state index contributed by atoms with van der Waals surface area (Å²) in [6.45, 7) is 4.04. The highest BCUT2D eigenvalue weighted by atomic mass is 32.2. The van der Waals surface area contributed by atoms with Gasteiger partial charge < -0.3 is 29.3 Å². The van der Waals surface area contributed by atoms with Gasteiger partial charge in [-0.05, 0) is 79.6 Å². The van der Waals surface area contributed by atoms with Crippen molar-refractivity contribution in [3.05, 3.63) is 95.3 Å². The van der Waals surface area contributed by atoms with Crippen molar-refractivity contribution in [3.63, 3.8) is 0 Å². The molecule has 1 aliphatic heterocycles. The number of aromatic nitrogens is 2. The molecule has 1 N–H and O–H groups in total. The number of rotatable bonds is 11. The Labute approximate surface area is 261 Å².